The molecule has 0 aliphatic carbocycles. The van der Waals surface area contributed by atoms with Gasteiger partial charge in [0.2, 0.25) is 5.91 Å². The van der Waals surface area contributed by atoms with Crippen LogP contribution in [0.4, 0.5) is 0 Å². The molecule has 0 spiro atoms. The van der Waals surface area contributed by atoms with E-state index in [1.807, 2.05) is 4.68 Å². The average Bonchev–Trinajstić information content (AvgIpc) is 2.88. The second kappa shape index (κ2) is 7.79. The van der Waals surface area contributed by atoms with Gasteiger partial charge in [-0.15, -0.1) is 0 Å². The van der Waals surface area contributed by atoms with Crippen LogP contribution >= 0.6 is 0 Å². The molecule has 0 radical (unpaired) electrons. The van der Waals surface area contributed by atoms with E-state index < -0.39 is 6.04 Å². The van der Waals surface area contributed by atoms with E-state index in [-0.39, 0.29) is 11.9 Å². The number of rotatable bonds is 4. The molecule has 1 atom stereocenters. The Morgan fingerprint density at radius 3 is 3.04 bits per heavy atom. The van der Waals surface area contributed by atoms with Gasteiger partial charge in [-0.1, -0.05) is 0 Å². The number of carbonyl (C=O) groups excluding carboxylic acids is 2. The first-order valence-electron chi connectivity index (χ1n) is 8.82. The summed E-state index contributed by atoms with van der Waals surface area (Å²) in [5.74, 6) is -0.283. The first-order chi connectivity index (χ1) is 11.7. The third kappa shape index (κ3) is 3.77. The van der Waals surface area contributed by atoms with Crippen LogP contribution in [0, 0.1) is 0 Å². The van der Waals surface area contributed by atoms with Crippen molar-refractivity contribution in [1.29, 1.82) is 0 Å². The fourth-order valence-electron chi connectivity index (χ4n) is 3.53. The summed E-state index contributed by atoms with van der Waals surface area (Å²) < 4.78 is 6.88. The average molecular weight is 334 g/mol. The van der Waals surface area contributed by atoms with Crippen LogP contribution in [0.1, 0.15) is 43.5 Å². The Morgan fingerprint density at radius 2 is 2.21 bits per heavy atom. The molecular weight excluding hydrogens is 308 g/mol. The van der Waals surface area contributed by atoms with Gasteiger partial charge in [0.15, 0.2) is 0 Å². The Bertz CT molecular complexity index is 575. The quantitative estimate of drug-likeness (QED) is 0.827. The highest BCUT2D eigenvalue weighted by Crippen LogP contribution is 2.20. The molecule has 1 amide bonds. The molecule has 0 aromatic carbocycles. The van der Waals surface area contributed by atoms with E-state index in [1.54, 1.807) is 4.90 Å². The number of amides is 1. The smallest absolute Gasteiger partial charge is 0.328 e. The van der Waals surface area contributed by atoms with Crippen molar-refractivity contribution in [2.24, 2.45) is 0 Å². The SMILES string of the molecule is COC(=O)[C@@H]1CCCCN1C(=O)CCc1cc2n(n1)CCCNC2. The number of fused-ring (bicyclic) bond motifs is 1. The first-order valence-corrected chi connectivity index (χ1v) is 8.82. The number of ether oxygens (including phenoxy) is 1. The zero-order valence-corrected chi connectivity index (χ0v) is 14.3. The van der Waals surface area contributed by atoms with Gasteiger partial charge in [0.25, 0.3) is 0 Å². The van der Waals surface area contributed by atoms with E-state index in [0.717, 1.165) is 44.6 Å². The van der Waals surface area contributed by atoms with Crippen LogP contribution in [0.2, 0.25) is 0 Å². The predicted octanol–water partition coefficient (Wildman–Crippen LogP) is 0.863. The lowest BCUT2D eigenvalue weighted by molar-refractivity contribution is -0.154. The lowest BCUT2D eigenvalue weighted by Gasteiger charge is -2.33. The van der Waals surface area contributed by atoms with Crippen molar-refractivity contribution in [3.05, 3.63) is 17.5 Å². The van der Waals surface area contributed by atoms with E-state index in [2.05, 4.69) is 16.5 Å². The van der Waals surface area contributed by atoms with E-state index in [1.165, 1.54) is 12.8 Å². The maximum atomic E-state index is 12.6. The van der Waals surface area contributed by atoms with Gasteiger partial charge >= 0.3 is 5.97 Å². The molecule has 2 aliphatic heterocycles. The number of piperidine rings is 1. The first kappa shape index (κ1) is 17.0. The Balaban J connectivity index is 1.59. The third-order valence-corrected chi connectivity index (χ3v) is 4.83. The summed E-state index contributed by atoms with van der Waals surface area (Å²) in [5.41, 5.74) is 2.13. The van der Waals surface area contributed by atoms with Crippen LogP contribution < -0.4 is 5.32 Å². The van der Waals surface area contributed by atoms with Crippen molar-refractivity contribution in [3.8, 4) is 0 Å². The molecule has 0 bridgehead atoms. The molecule has 1 aromatic rings. The summed E-state index contributed by atoms with van der Waals surface area (Å²) in [6, 6.07) is 1.67. The van der Waals surface area contributed by atoms with Gasteiger partial charge in [-0.25, -0.2) is 4.79 Å². The summed E-state index contributed by atoms with van der Waals surface area (Å²) >= 11 is 0. The fourth-order valence-corrected chi connectivity index (χ4v) is 3.53. The number of likely N-dealkylation sites (tertiary alicyclic amines) is 1. The van der Waals surface area contributed by atoms with Crippen molar-refractivity contribution in [2.75, 3.05) is 20.2 Å². The topological polar surface area (TPSA) is 76.5 Å². The van der Waals surface area contributed by atoms with Crippen molar-refractivity contribution in [3.63, 3.8) is 0 Å². The normalized spacial score (nSPS) is 21.0. The fraction of sp³-hybridized carbons (Fsp3) is 0.706. The van der Waals surface area contributed by atoms with Gasteiger partial charge in [0.05, 0.1) is 18.5 Å². The van der Waals surface area contributed by atoms with Gasteiger partial charge in [0, 0.05) is 32.5 Å². The van der Waals surface area contributed by atoms with E-state index >= 15 is 0 Å². The molecule has 0 unspecified atom stereocenters. The van der Waals surface area contributed by atoms with Crippen LogP contribution in [0.5, 0.6) is 0 Å². The highest BCUT2D eigenvalue weighted by Gasteiger charge is 2.32. The summed E-state index contributed by atoms with van der Waals surface area (Å²) in [6.45, 7) is 3.41. The molecule has 132 valence electrons. The number of nitrogens with one attached hydrogen (secondary N) is 1. The minimum atomic E-state index is -0.417. The summed E-state index contributed by atoms with van der Waals surface area (Å²) in [4.78, 5) is 26.1. The van der Waals surface area contributed by atoms with Crippen LogP contribution in [-0.4, -0.2) is 52.8 Å². The molecule has 7 heteroatoms. The van der Waals surface area contributed by atoms with Crippen molar-refractivity contribution < 1.29 is 14.3 Å². The number of aryl methyl sites for hydroxylation is 2. The minimum absolute atomic E-state index is 0.0198. The standard InChI is InChI=1S/C17H26N4O3/c1-24-17(23)15-5-2-3-9-20(15)16(22)7-6-13-11-14-12-18-8-4-10-21(14)19-13/h11,15,18H,2-10,12H2,1H3/t15-/m0/s1. The molecule has 3 heterocycles. The largest absolute Gasteiger partial charge is 0.467 e. The highest BCUT2D eigenvalue weighted by molar-refractivity contribution is 5.84. The Morgan fingerprint density at radius 1 is 1.33 bits per heavy atom. The van der Waals surface area contributed by atoms with Gasteiger partial charge < -0.3 is 15.0 Å². The third-order valence-electron chi connectivity index (χ3n) is 4.83. The zero-order chi connectivity index (χ0) is 16.9. The maximum absolute atomic E-state index is 12.6. The Kier molecular flexibility index (Phi) is 5.50. The van der Waals surface area contributed by atoms with Gasteiger partial charge in [-0.3, -0.25) is 9.48 Å². The van der Waals surface area contributed by atoms with Crippen LogP contribution in [-0.2, 0) is 33.8 Å². The summed E-state index contributed by atoms with van der Waals surface area (Å²) in [7, 11) is 1.38. The molecule has 3 rings (SSSR count). The number of esters is 1. The van der Waals surface area contributed by atoms with Crippen LogP contribution in [0.25, 0.3) is 0 Å². The number of hydrogen-bond acceptors (Lipinski definition) is 5. The summed E-state index contributed by atoms with van der Waals surface area (Å²) in [6.07, 6.45) is 4.68. The minimum Gasteiger partial charge on any atom is -0.467 e. The van der Waals surface area contributed by atoms with Crippen molar-refractivity contribution in [1.82, 2.24) is 20.0 Å². The second-order valence-corrected chi connectivity index (χ2v) is 6.50. The Labute approximate surface area is 142 Å². The monoisotopic (exact) mass is 334 g/mol. The Hall–Kier alpha value is -1.89. The molecular formula is C17H26N4O3. The van der Waals surface area contributed by atoms with E-state index in [4.69, 9.17) is 4.74 Å². The van der Waals surface area contributed by atoms with Gasteiger partial charge in [0.1, 0.15) is 6.04 Å². The predicted molar refractivity (Wildman–Crippen MR) is 88.2 cm³/mol. The zero-order valence-electron chi connectivity index (χ0n) is 14.3. The van der Waals surface area contributed by atoms with Crippen LogP contribution in [0.15, 0.2) is 6.07 Å². The molecule has 24 heavy (non-hydrogen) atoms. The number of aromatic nitrogens is 2. The molecule has 1 N–H and O–H groups in total. The number of hydrogen-bond donors (Lipinski definition) is 1. The van der Waals surface area contributed by atoms with E-state index in [9.17, 15) is 9.59 Å². The molecule has 1 aromatic heterocycles. The van der Waals surface area contributed by atoms with E-state index in [0.29, 0.717) is 25.8 Å². The number of methoxy groups -OCH3 is 1. The maximum Gasteiger partial charge on any atom is 0.328 e. The lowest BCUT2D eigenvalue weighted by atomic mass is 10.0. The lowest BCUT2D eigenvalue weighted by Crippen LogP contribution is -2.48. The van der Waals surface area contributed by atoms with Crippen molar-refractivity contribution in [2.45, 2.75) is 57.7 Å². The second-order valence-electron chi connectivity index (χ2n) is 6.50. The molecule has 2 aliphatic rings. The van der Waals surface area contributed by atoms with Crippen molar-refractivity contribution >= 4 is 11.9 Å². The molecule has 1 fully saturated rings. The molecule has 0 saturated carbocycles. The van der Waals surface area contributed by atoms with Gasteiger partial charge in [-0.2, -0.15) is 5.10 Å². The molecule has 1 saturated heterocycles. The number of carbonyl (C=O) groups is 2. The summed E-state index contributed by atoms with van der Waals surface area (Å²) in [5, 5.41) is 7.98. The molecule has 7 nitrogen and oxygen atoms in total. The van der Waals surface area contributed by atoms with Gasteiger partial charge in [-0.05, 0) is 38.3 Å². The van der Waals surface area contributed by atoms with Crippen LogP contribution in [0.3, 0.4) is 0 Å². The number of nitrogens with zero attached hydrogens (tertiary/aromatic N) is 3. The highest BCUT2D eigenvalue weighted by atomic mass is 16.5.